The SMILES string of the molecule is Cc1cc(N2CC(NC(=O)c3ccc(Br)s3)CC2=O)ccc1C(=O)N1CCC[C@@H]1CO. The molecule has 0 bridgehead atoms. The molecule has 2 aromatic rings. The van der Waals surface area contributed by atoms with Crippen LogP contribution in [-0.2, 0) is 4.79 Å². The van der Waals surface area contributed by atoms with Crippen molar-refractivity contribution >= 4 is 50.7 Å². The van der Waals surface area contributed by atoms with Gasteiger partial charge in [0.05, 0.1) is 27.4 Å². The fraction of sp³-hybridized carbons (Fsp3) is 0.409. The van der Waals surface area contributed by atoms with Crippen LogP contribution in [-0.4, -0.2) is 59.5 Å². The van der Waals surface area contributed by atoms with Gasteiger partial charge in [-0.2, -0.15) is 0 Å². The second-order valence-corrected chi connectivity index (χ2v) is 10.4. The molecule has 2 saturated heterocycles. The number of likely N-dealkylation sites (tertiary alicyclic amines) is 1. The van der Waals surface area contributed by atoms with Crippen LogP contribution in [0.25, 0.3) is 0 Å². The van der Waals surface area contributed by atoms with Gasteiger partial charge in [0, 0.05) is 30.8 Å². The molecule has 2 atom stereocenters. The van der Waals surface area contributed by atoms with Crippen LogP contribution in [0, 0.1) is 6.92 Å². The molecule has 1 unspecified atom stereocenters. The van der Waals surface area contributed by atoms with Crippen molar-refractivity contribution in [2.75, 3.05) is 24.6 Å². The lowest BCUT2D eigenvalue weighted by Crippen LogP contribution is -2.38. The predicted octanol–water partition coefficient (Wildman–Crippen LogP) is 2.95. The van der Waals surface area contributed by atoms with Gasteiger partial charge < -0.3 is 20.2 Å². The summed E-state index contributed by atoms with van der Waals surface area (Å²) in [6, 6.07) is 8.56. The number of aliphatic hydroxyl groups excluding tert-OH is 1. The van der Waals surface area contributed by atoms with E-state index in [2.05, 4.69) is 21.2 Å². The van der Waals surface area contributed by atoms with Gasteiger partial charge in [-0.1, -0.05) is 0 Å². The molecule has 0 aliphatic carbocycles. The minimum atomic E-state index is -0.266. The summed E-state index contributed by atoms with van der Waals surface area (Å²) in [4.78, 5) is 41.9. The van der Waals surface area contributed by atoms with E-state index >= 15 is 0 Å². The Balaban J connectivity index is 1.45. The third kappa shape index (κ3) is 4.53. The highest BCUT2D eigenvalue weighted by Gasteiger charge is 2.33. The summed E-state index contributed by atoms with van der Waals surface area (Å²) < 4.78 is 0.881. The zero-order valence-corrected chi connectivity index (χ0v) is 19.5. The minimum absolute atomic E-state index is 0.0271. The molecule has 9 heteroatoms. The highest BCUT2D eigenvalue weighted by atomic mass is 79.9. The molecule has 7 nitrogen and oxygen atoms in total. The monoisotopic (exact) mass is 505 g/mol. The van der Waals surface area contributed by atoms with Gasteiger partial charge >= 0.3 is 0 Å². The van der Waals surface area contributed by atoms with E-state index in [1.165, 1.54) is 11.3 Å². The zero-order valence-electron chi connectivity index (χ0n) is 17.1. The first-order valence-corrected chi connectivity index (χ1v) is 11.9. The number of aliphatic hydroxyl groups is 1. The first-order chi connectivity index (χ1) is 14.9. The number of hydrogen-bond acceptors (Lipinski definition) is 5. The fourth-order valence-corrected chi connectivity index (χ4v) is 5.54. The van der Waals surface area contributed by atoms with E-state index in [4.69, 9.17) is 0 Å². The van der Waals surface area contributed by atoms with Gasteiger partial charge in [0.2, 0.25) is 5.91 Å². The van der Waals surface area contributed by atoms with Crippen molar-refractivity contribution in [3.8, 4) is 0 Å². The third-order valence-corrected chi connectivity index (χ3v) is 7.48. The van der Waals surface area contributed by atoms with Crippen molar-refractivity contribution in [1.82, 2.24) is 10.2 Å². The van der Waals surface area contributed by atoms with Crippen LogP contribution in [0.15, 0.2) is 34.1 Å². The van der Waals surface area contributed by atoms with Gasteiger partial charge in [-0.05, 0) is 71.6 Å². The molecule has 1 aromatic heterocycles. The number of thiophene rings is 1. The maximum absolute atomic E-state index is 12.9. The van der Waals surface area contributed by atoms with E-state index in [0.717, 1.165) is 27.9 Å². The largest absolute Gasteiger partial charge is 0.394 e. The second kappa shape index (κ2) is 9.10. The Morgan fingerprint density at radius 1 is 1.29 bits per heavy atom. The smallest absolute Gasteiger partial charge is 0.261 e. The number of anilines is 1. The normalized spacial score (nSPS) is 21.1. The Bertz CT molecular complexity index is 1020. The summed E-state index contributed by atoms with van der Waals surface area (Å²) in [5.74, 6) is -0.326. The lowest BCUT2D eigenvalue weighted by Gasteiger charge is -2.24. The summed E-state index contributed by atoms with van der Waals surface area (Å²) >= 11 is 4.70. The van der Waals surface area contributed by atoms with Crippen LogP contribution in [0.3, 0.4) is 0 Å². The van der Waals surface area contributed by atoms with Gasteiger partial charge in [0.25, 0.3) is 11.8 Å². The van der Waals surface area contributed by atoms with Crippen LogP contribution in [0.1, 0.15) is 44.9 Å². The van der Waals surface area contributed by atoms with E-state index in [1.54, 1.807) is 28.0 Å². The van der Waals surface area contributed by atoms with Crippen molar-refractivity contribution in [2.45, 2.75) is 38.3 Å². The van der Waals surface area contributed by atoms with Crippen molar-refractivity contribution in [2.24, 2.45) is 0 Å². The van der Waals surface area contributed by atoms with Gasteiger partial charge in [0.15, 0.2) is 0 Å². The Kier molecular flexibility index (Phi) is 6.45. The number of amides is 3. The molecule has 31 heavy (non-hydrogen) atoms. The number of carbonyl (C=O) groups is 3. The average molecular weight is 506 g/mol. The van der Waals surface area contributed by atoms with Crippen LogP contribution >= 0.6 is 27.3 Å². The third-order valence-electron chi connectivity index (χ3n) is 5.86. The quantitative estimate of drug-likeness (QED) is 0.653. The Morgan fingerprint density at radius 2 is 2.10 bits per heavy atom. The second-order valence-electron chi connectivity index (χ2n) is 7.96. The van der Waals surface area contributed by atoms with E-state index in [9.17, 15) is 19.5 Å². The highest BCUT2D eigenvalue weighted by molar-refractivity contribution is 9.11. The van der Waals surface area contributed by atoms with Gasteiger partial charge in [-0.15, -0.1) is 11.3 Å². The summed E-state index contributed by atoms with van der Waals surface area (Å²) in [5, 5.41) is 12.4. The Labute approximate surface area is 193 Å². The van der Waals surface area contributed by atoms with Crippen LogP contribution in [0.2, 0.25) is 0 Å². The molecule has 2 aliphatic rings. The molecule has 3 heterocycles. The Hall–Kier alpha value is -2.23. The highest BCUT2D eigenvalue weighted by Crippen LogP contribution is 2.27. The number of carbonyl (C=O) groups excluding carboxylic acids is 3. The zero-order chi connectivity index (χ0) is 22.1. The van der Waals surface area contributed by atoms with Gasteiger partial charge in [-0.25, -0.2) is 0 Å². The number of halogens is 1. The molecule has 2 N–H and O–H groups in total. The van der Waals surface area contributed by atoms with Crippen molar-refractivity contribution in [3.05, 3.63) is 50.1 Å². The topological polar surface area (TPSA) is 90.0 Å². The lowest BCUT2D eigenvalue weighted by atomic mass is 10.1. The van der Waals surface area contributed by atoms with E-state index in [-0.39, 0.29) is 42.8 Å². The van der Waals surface area contributed by atoms with Gasteiger partial charge in [0.1, 0.15) is 0 Å². The molecule has 4 rings (SSSR count). The van der Waals surface area contributed by atoms with Crippen molar-refractivity contribution < 1.29 is 19.5 Å². The number of hydrogen-bond donors (Lipinski definition) is 2. The van der Waals surface area contributed by atoms with E-state index < -0.39 is 0 Å². The van der Waals surface area contributed by atoms with Crippen LogP contribution < -0.4 is 10.2 Å². The lowest BCUT2D eigenvalue weighted by molar-refractivity contribution is -0.117. The molecule has 0 spiro atoms. The fourth-order valence-electron chi connectivity index (χ4n) is 4.25. The van der Waals surface area contributed by atoms with Crippen LogP contribution in [0.4, 0.5) is 5.69 Å². The predicted molar refractivity (Wildman–Crippen MR) is 123 cm³/mol. The number of rotatable bonds is 5. The van der Waals surface area contributed by atoms with Crippen molar-refractivity contribution in [1.29, 1.82) is 0 Å². The molecule has 2 fully saturated rings. The van der Waals surface area contributed by atoms with E-state index in [1.807, 2.05) is 19.1 Å². The number of aryl methyl sites for hydroxylation is 1. The molecule has 2 aliphatic heterocycles. The maximum atomic E-state index is 12.9. The molecule has 1 aromatic carbocycles. The number of benzene rings is 1. The molecular formula is C22H24BrN3O4S. The standard InChI is InChI=1S/C22H24BrN3O4S/c1-13-9-15(4-5-17(13)22(30)25-8-2-3-16(25)12-27)26-11-14(10-20(26)28)24-21(29)18-6-7-19(23)31-18/h4-7,9,14,16,27H,2-3,8,10-12H2,1H3,(H,24,29)/t14?,16-/m1/s1. The summed E-state index contributed by atoms with van der Waals surface area (Å²) in [5.41, 5.74) is 2.09. The average Bonchev–Trinajstić information content (AvgIpc) is 3.47. The summed E-state index contributed by atoms with van der Waals surface area (Å²) in [6.45, 7) is 2.87. The first kappa shape index (κ1) is 22.0. The van der Waals surface area contributed by atoms with Crippen molar-refractivity contribution in [3.63, 3.8) is 0 Å². The molecule has 164 valence electrons. The van der Waals surface area contributed by atoms with Gasteiger partial charge in [-0.3, -0.25) is 14.4 Å². The minimum Gasteiger partial charge on any atom is -0.394 e. The molecule has 0 radical (unpaired) electrons. The molecule has 0 saturated carbocycles. The van der Waals surface area contributed by atoms with Crippen LogP contribution in [0.5, 0.6) is 0 Å². The maximum Gasteiger partial charge on any atom is 0.261 e. The van der Waals surface area contributed by atoms with E-state index in [0.29, 0.717) is 23.5 Å². The summed E-state index contributed by atoms with van der Waals surface area (Å²) in [7, 11) is 0. The number of nitrogens with one attached hydrogen (secondary N) is 1. The molecule has 3 amide bonds. The number of nitrogens with zero attached hydrogens (tertiary/aromatic N) is 2. The first-order valence-electron chi connectivity index (χ1n) is 10.3. The molecular weight excluding hydrogens is 482 g/mol. The Morgan fingerprint density at radius 3 is 2.77 bits per heavy atom. The summed E-state index contributed by atoms with van der Waals surface area (Å²) in [6.07, 6.45) is 1.95.